The molecular formula is C23H20F3N5O3. The molecule has 0 bridgehead atoms. The maximum absolute atomic E-state index is 13.5. The van der Waals surface area contributed by atoms with Gasteiger partial charge in [-0.3, -0.25) is 4.79 Å². The number of ether oxygens (including phenoxy) is 1. The minimum Gasteiger partial charge on any atom is -0.463 e. The van der Waals surface area contributed by atoms with Gasteiger partial charge in [0.2, 0.25) is 11.9 Å². The average molecular weight is 471 g/mol. The summed E-state index contributed by atoms with van der Waals surface area (Å²) in [6, 6.07) is 7.84. The number of allylic oxidation sites excluding steroid dienone is 1. The highest BCUT2D eigenvalue weighted by Crippen LogP contribution is 2.38. The Morgan fingerprint density at radius 2 is 1.82 bits per heavy atom. The highest BCUT2D eigenvalue weighted by atomic mass is 19.2. The number of aromatic nitrogens is 3. The van der Waals surface area contributed by atoms with Crippen LogP contribution in [0.2, 0.25) is 0 Å². The third kappa shape index (κ3) is 4.36. The van der Waals surface area contributed by atoms with E-state index in [-0.39, 0.29) is 30.4 Å². The van der Waals surface area contributed by atoms with E-state index in [0.717, 1.165) is 12.1 Å². The lowest BCUT2D eigenvalue weighted by Gasteiger charge is -2.35. The molecule has 1 aliphatic heterocycles. The normalized spacial score (nSPS) is 15.2. The summed E-state index contributed by atoms with van der Waals surface area (Å²) in [5.74, 6) is -3.50. The van der Waals surface area contributed by atoms with E-state index in [1.54, 1.807) is 13.8 Å². The zero-order valence-electron chi connectivity index (χ0n) is 18.3. The minimum atomic E-state index is -1.10. The van der Waals surface area contributed by atoms with Crippen molar-refractivity contribution in [3.63, 3.8) is 0 Å². The van der Waals surface area contributed by atoms with Gasteiger partial charge in [0.05, 0.1) is 12.2 Å². The largest absolute Gasteiger partial charge is 0.463 e. The van der Waals surface area contributed by atoms with E-state index in [4.69, 9.17) is 4.74 Å². The molecule has 0 saturated heterocycles. The van der Waals surface area contributed by atoms with E-state index in [2.05, 4.69) is 15.4 Å². The van der Waals surface area contributed by atoms with Crippen LogP contribution in [0.25, 0.3) is 0 Å². The number of benzene rings is 2. The molecule has 1 N–H and O–H groups in total. The summed E-state index contributed by atoms with van der Waals surface area (Å²) in [5.41, 5.74) is 1.22. The lowest BCUT2D eigenvalue weighted by molar-refractivity contribution is -0.139. The van der Waals surface area contributed by atoms with E-state index in [9.17, 15) is 22.8 Å². The van der Waals surface area contributed by atoms with Crippen molar-refractivity contribution in [2.45, 2.75) is 19.9 Å². The van der Waals surface area contributed by atoms with Crippen LogP contribution in [0.5, 0.6) is 0 Å². The first-order chi connectivity index (χ1) is 16.3. The summed E-state index contributed by atoms with van der Waals surface area (Å²) in [6.45, 7) is 3.11. The summed E-state index contributed by atoms with van der Waals surface area (Å²) in [4.78, 5) is 31.4. The molecule has 1 atom stereocenters. The summed E-state index contributed by atoms with van der Waals surface area (Å²) in [5, 5.41) is 6.73. The van der Waals surface area contributed by atoms with E-state index in [1.807, 2.05) is 0 Å². The van der Waals surface area contributed by atoms with Gasteiger partial charge in [-0.2, -0.15) is 10.1 Å². The number of fused-ring (bicyclic) bond motifs is 1. The quantitative estimate of drug-likeness (QED) is 0.553. The number of amides is 1. The Kier molecular flexibility index (Phi) is 6.35. The van der Waals surface area contributed by atoms with Crippen LogP contribution in [0.3, 0.4) is 0 Å². The van der Waals surface area contributed by atoms with Crippen molar-refractivity contribution in [3.8, 4) is 0 Å². The van der Waals surface area contributed by atoms with Crippen molar-refractivity contribution in [3.05, 3.63) is 83.1 Å². The van der Waals surface area contributed by atoms with Gasteiger partial charge < -0.3 is 15.0 Å². The number of rotatable bonds is 6. The molecule has 0 fully saturated rings. The highest BCUT2D eigenvalue weighted by molar-refractivity contribution is 5.96. The fraction of sp³-hybridized carbons (Fsp3) is 0.217. The molecule has 8 nitrogen and oxygen atoms in total. The van der Waals surface area contributed by atoms with Crippen LogP contribution < -0.4 is 10.2 Å². The summed E-state index contributed by atoms with van der Waals surface area (Å²) in [7, 11) is 0. The molecule has 1 aromatic heterocycles. The Bertz CT molecular complexity index is 1270. The first-order valence-electron chi connectivity index (χ1n) is 10.4. The summed E-state index contributed by atoms with van der Waals surface area (Å²) >= 11 is 0. The van der Waals surface area contributed by atoms with Crippen molar-refractivity contribution in [1.82, 2.24) is 14.8 Å². The third-order valence-corrected chi connectivity index (χ3v) is 5.29. The minimum absolute atomic E-state index is 0.0683. The van der Waals surface area contributed by atoms with Crippen molar-refractivity contribution in [2.75, 3.05) is 23.4 Å². The first-order valence-corrected chi connectivity index (χ1v) is 10.4. The van der Waals surface area contributed by atoms with Gasteiger partial charge in [-0.15, -0.1) is 0 Å². The highest BCUT2D eigenvalue weighted by Gasteiger charge is 2.38. The zero-order chi connectivity index (χ0) is 24.4. The number of hydrogen-bond donors (Lipinski definition) is 1. The van der Waals surface area contributed by atoms with Gasteiger partial charge in [0.15, 0.2) is 11.6 Å². The first kappa shape index (κ1) is 23.0. The molecule has 0 radical (unpaired) electrons. The number of hydrogen-bond acceptors (Lipinski definition) is 6. The van der Waals surface area contributed by atoms with E-state index < -0.39 is 35.4 Å². The Balaban J connectivity index is 1.71. The summed E-state index contributed by atoms with van der Waals surface area (Å²) < 4.78 is 46.9. The van der Waals surface area contributed by atoms with Crippen molar-refractivity contribution in [1.29, 1.82) is 0 Å². The Hall–Kier alpha value is -4.15. The number of halogens is 3. The van der Waals surface area contributed by atoms with Crippen LogP contribution in [0.4, 0.5) is 24.8 Å². The molecule has 0 saturated carbocycles. The van der Waals surface area contributed by atoms with E-state index >= 15 is 0 Å². The molecule has 1 aliphatic rings. The topological polar surface area (TPSA) is 89.3 Å². The molecule has 34 heavy (non-hydrogen) atoms. The predicted octanol–water partition coefficient (Wildman–Crippen LogP) is 3.58. The van der Waals surface area contributed by atoms with Gasteiger partial charge in [-0.25, -0.2) is 22.6 Å². The number of nitrogens with one attached hydrogen (secondary N) is 1. The summed E-state index contributed by atoms with van der Waals surface area (Å²) in [6.07, 6.45) is 1.27. The monoisotopic (exact) mass is 471 g/mol. The van der Waals surface area contributed by atoms with E-state index in [0.29, 0.717) is 11.3 Å². The van der Waals surface area contributed by atoms with Gasteiger partial charge in [0.25, 0.3) is 0 Å². The van der Waals surface area contributed by atoms with Crippen LogP contribution in [0.15, 0.2) is 60.1 Å². The number of nitrogens with zero attached hydrogens (tertiary/aromatic N) is 4. The molecule has 4 rings (SSSR count). The van der Waals surface area contributed by atoms with Gasteiger partial charge >= 0.3 is 5.97 Å². The van der Waals surface area contributed by atoms with Crippen LogP contribution in [0, 0.1) is 17.5 Å². The molecule has 3 aromatic rings. The second-order valence-electron chi connectivity index (χ2n) is 7.44. The van der Waals surface area contributed by atoms with Crippen molar-refractivity contribution in [2.24, 2.45) is 0 Å². The van der Waals surface area contributed by atoms with Gasteiger partial charge in [-0.05, 0) is 43.7 Å². The van der Waals surface area contributed by atoms with Crippen LogP contribution >= 0.6 is 0 Å². The van der Waals surface area contributed by atoms with Crippen LogP contribution in [0.1, 0.15) is 25.5 Å². The molecule has 11 heteroatoms. The molecule has 0 spiro atoms. The number of carbonyl (C=O) groups excluding carboxylic acids is 2. The van der Waals surface area contributed by atoms with E-state index in [1.165, 1.54) is 46.2 Å². The number of anilines is 2. The molecule has 0 unspecified atom stereocenters. The maximum Gasteiger partial charge on any atom is 0.338 e. The molecule has 2 heterocycles. The molecule has 176 valence electrons. The standard InChI is InChI=1S/C23H20F3N5O3/c1-3-34-22(33)20-13(2)30(11-19(32)29-16-8-9-17(25)18(26)10-16)23-27-12-28-31(23)21(20)14-4-6-15(24)7-5-14/h4-10,12,21H,3,11H2,1-2H3,(H,29,32)/t21-/m1/s1. The predicted molar refractivity (Wildman–Crippen MR) is 116 cm³/mol. The van der Waals surface area contributed by atoms with Crippen molar-refractivity contribution < 1.29 is 27.5 Å². The average Bonchev–Trinajstić information content (AvgIpc) is 3.28. The van der Waals surface area contributed by atoms with Gasteiger partial charge in [-0.1, -0.05) is 12.1 Å². The van der Waals surface area contributed by atoms with Crippen LogP contribution in [-0.2, 0) is 14.3 Å². The Morgan fingerprint density at radius 1 is 1.09 bits per heavy atom. The smallest absolute Gasteiger partial charge is 0.338 e. The molecule has 1 amide bonds. The lowest BCUT2D eigenvalue weighted by Crippen LogP contribution is -2.40. The van der Waals surface area contributed by atoms with Gasteiger partial charge in [0.1, 0.15) is 24.7 Å². The molecular weight excluding hydrogens is 451 g/mol. The SMILES string of the molecule is CCOC(=O)C1=C(C)N(CC(=O)Nc2ccc(F)c(F)c2)c2ncnn2[C@@H]1c1ccc(F)cc1. The second kappa shape index (κ2) is 9.38. The zero-order valence-corrected chi connectivity index (χ0v) is 18.3. The van der Waals surface area contributed by atoms with Crippen molar-refractivity contribution >= 4 is 23.5 Å². The Labute approximate surface area is 192 Å². The molecule has 0 aliphatic carbocycles. The number of esters is 1. The fourth-order valence-electron chi connectivity index (χ4n) is 3.76. The number of carbonyl (C=O) groups is 2. The Morgan fingerprint density at radius 3 is 2.50 bits per heavy atom. The van der Waals surface area contributed by atoms with Gasteiger partial charge in [0, 0.05) is 17.5 Å². The second-order valence-corrected chi connectivity index (χ2v) is 7.44. The lowest BCUT2D eigenvalue weighted by atomic mass is 9.95. The molecule has 2 aromatic carbocycles. The third-order valence-electron chi connectivity index (χ3n) is 5.29. The maximum atomic E-state index is 13.5. The fourth-order valence-corrected chi connectivity index (χ4v) is 3.76. The van der Waals surface area contributed by atoms with Crippen LogP contribution in [-0.4, -0.2) is 39.8 Å².